The Morgan fingerprint density at radius 3 is 1.61 bits per heavy atom. The molecule has 0 unspecified atom stereocenters. The molecule has 0 aliphatic carbocycles. The van der Waals surface area contributed by atoms with Gasteiger partial charge in [-0.15, -0.1) is 0 Å². The largest absolute Gasteiger partial charge is 0.529 e. The fourth-order valence-electron chi connectivity index (χ4n) is 1.20. The van der Waals surface area contributed by atoms with Gasteiger partial charge < -0.3 is 13.3 Å². The predicted octanol–water partition coefficient (Wildman–Crippen LogP) is 1.33. The first-order valence-electron chi connectivity index (χ1n) is 6.13. The van der Waals surface area contributed by atoms with Crippen molar-refractivity contribution in [2.24, 2.45) is 0 Å². The summed E-state index contributed by atoms with van der Waals surface area (Å²) in [6.07, 6.45) is -0.178. The first-order valence-corrected chi connectivity index (χ1v) is 9.54. The summed E-state index contributed by atoms with van der Waals surface area (Å²) in [6, 6.07) is 0. The summed E-state index contributed by atoms with van der Waals surface area (Å²) < 4.78 is 44.7. The third-order valence-corrected chi connectivity index (χ3v) is 6.56. The van der Waals surface area contributed by atoms with Gasteiger partial charge in [0.25, 0.3) is 10.1 Å². The normalized spacial score (nSPS) is 13.2. The second kappa shape index (κ2) is 8.23. The maximum atomic E-state index is 11.6. The van der Waals surface area contributed by atoms with Gasteiger partial charge in [0, 0.05) is 19.8 Å². The van der Waals surface area contributed by atoms with E-state index >= 15 is 0 Å². The quantitative estimate of drug-likeness (QED) is 0.448. The second-order valence-electron chi connectivity index (χ2n) is 3.79. The molecule has 0 saturated carbocycles. The van der Waals surface area contributed by atoms with Gasteiger partial charge in [0.05, 0.1) is 5.25 Å². The van der Waals surface area contributed by atoms with Crippen molar-refractivity contribution >= 4 is 18.9 Å². The van der Waals surface area contributed by atoms with Crippen LogP contribution >= 0.6 is 0 Å². The van der Waals surface area contributed by atoms with E-state index < -0.39 is 24.2 Å². The third kappa shape index (κ3) is 5.76. The summed E-state index contributed by atoms with van der Waals surface area (Å²) >= 11 is 0. The zero-order valence-corrected chi connectivity index (χ0v) is 13.6. The Balaban J connectivity index is 4.76. The van der Waals surface area contributed by atoms with E-state index in [9.17, 15) is 8.42 Å². The minimum absolute atomic E-state index is 0.178. The van der Waals surface area contributed by atoms with Crippen LogP contribution in [0.3, 0.4) is 0 Å². The van der Waals surface area contributed by atoms with Gasteiger partial charge in [0.15, 0.2) is 0 Å². The molecule has 8 heteroatoms. The Bertz CT molecular complexity index is 299. The number of rotatable bonds is 10. The Kier molecular flexibility index (Phi) is 8.24. The van der Waals surface area contributed by atoms with Crippen LogP contribution in [0.15, 0.2) is 0 Å². The first kappa shape index (κ1) is 18.0. The van der Waals surface area contributed by atoms with Gasteiger partial charge in [-0.3, -0.25) is 4.18 Å². The van der Waals surface area contributed by atoms with Gasteiger partial charge in [0.2, 0.25) is 0 Å². The molecule has 0 atom stereocenters. The smallest absolute Gasteiger partial charge is 0.372 e. The molecule has 6 nitrogen and oxygen atoms in total. The average Bonchev–Trinajstić information content (AvgIpc) is 2.27. The zero-order chi connectivity index (χ0) is 14.2. The van der Waals surface area contributed by atoms with E-state index in [-0.39, 0.29) is 6.23 Å². The van der Waals surface area contributed by atoms with E-state index in [0.29, 0.717) is 19.8 Å². The van der Waals surface area contributed by atoms with Gasteiger partial charge in [-0.05, 0) is 34.6 Å². The SMILES string of the molecule is CCO[Si](COS(=O)(=O)C(C)C)(OCC)OCC. The summed E-state index contributed by atoms with van der Waals surface area (Å²) in [5.41, 5.74) is 0. The van der Waals surface area contributed by atoms with Crippen molar-refractivity contribution in [3.05, 3.63) is 0 Å². The lowest BCUT2D eigenvalue weighted by atomic mass is 10.6. The van der Waals surface area contributed by atoms with Crippen LogP contribution in [0.25, 0.3) is 0 Å². The molecule has 0 bridgehead atoms. The highest BCUT2D eigenvalue weighted by Crippen LogP contribution is 2.14. The standard InChI is InChI=1S/C10H24O6SSi/c1-6-14-18(15-7-2,16-8-3)9-13-17(11,12)10(4)5/h10H,6-9H2,1-5H3. The van der Waals surface area contributed by atoms with Crippen LogP contribution in [0, 0.1) is 0 Å². The fourth-order valence-corrected chi connectivity index (χ4v) is 4.53. The predicted molar refractivity (Wildman–Crippen MR) is 70.6 cm³/mol. The molecule has 0 aromatic carbocycles. The lowest BCUT2D eigenvalue weighted by Crippen LogP contribution is -2.51. The molecule has 0 aromatic rings. The van der Waals surface area contributed by atoms with Crippen LogP contribution in [0.4, 0.5) is 0 Å². The second-order valence-corrected chi connectivity index (χ2v) is 8.47. The molecular formula is C10H24O6SSi. The topological polar surface area (TPSA) is 71.1 Å². The van der Waals surface area contributed by atoms with Gasteiger partial charge in [-0.1, -0.05) is 0 Å². The van der Waals surface area contributed by atoms with Crippen molar-refractivity contribution < 1.29 is 25.9 Å². The minimum atomic E-state index is -3.59. The van der Waals surface area contributed by atoms with E-state index in [1.165, 1.54) is 0 Å². The highest BCUT2D eigenvalue weighted by atomic mass is 32.2. The molecule has 18 heavy (non-hydrogen) atoms. The highest BCUT2D eigenvalue weighted by Gasteiger charge is 2.43. The van der Waals surface area contributed by atoms with E-state index in [1.807, 2.05) is 0 Å². The van der Waals surface area contributed by atoms with Gasteiger partial charge in [0.1, 0.15) is 6.23 Å². The maximum absolute atomic E-state index is 11.6. The zero-order valence-electron chi connectivity index (χ0n) is 11.8. The van der Waals surface area contributed by atoms with Crippen molar-refractivity contribution in [1.29, 1.82) is 0 Å². The van der Waals surface area contributed by atoms with Crippen molar-refractivity contribution in [3.8, 4) is 0 Å². The monoisotopic (exact) mass is 300 g/mol. The highest BCUT2D eigenvalue weighted by molar-refractivity contribution is 7.87. The van der Waals surface area contributed by atoms with Gasteiger partial charge >= 0.3 is 8.80 Å². The maximum Gasteiger partial charge on any atom is 0.529 e. The molecular weight excluding hydrogens is 276 g/mol. The average molecular weight is 300 g/mol. The molecule has 0 heterocycles. The Morgan fingerprint density at radius 1 is 0.944 bits per heavy atom. The minimum Gasteiger partial charge on any atom is -0.372 e. The summed E-state index contributed by atoms with van der Waals surface area (Å²) in [5.74, 6) is 0. The molecule has 0 amide bonds. The molecule has 0 saturated heterocycles. The molecule has 0 aliphatic heterocycles. The Hall–Kier alpha value is 0.00688. The fraction of sp³-hybridized carbons (Fsp3) is 1.00. The van der Waals surface area contributed by atoms with Crippen molar-refractivity contribution in [1.82, 2.24) is 0 Å². The number of hydrogen-bond donors (Lipinski definition) is 0. The lowest BCUT2D eigenvalue weighted by molar-refractivity contribution is 0.0547. The molecule has 0 spiro atoms. The first-order chi connectivity index (χ1) is 8.33. The summed E-state index contributed by atoms with van der Waals surface area (Å²) in [7, 11) is -6.64. The molecule has 0 aromatic heterocycles. The van der Waals surface area contributed by atoms with E-state index in [2.05, 4.69) is 0 Å². The van der Waals surface area contributed by atoms with E-state index in [0.717, 1.165) is 0 Å². The molecule has 0 aliphatic rings. The van der Waals surface area contributed by atoms with Crippen LogP contribution in [-0.2, 0) is 27.6 Å². The Labute approximate surface area is 111 Å². The van der Waals surface area contributed by atoms with Gasteiger partial charge in [-0.2, -0.15) is 8.42 Å². The number of hydrogen-bond acceptors (Lipinski definition) is 6. The summed E-state index contributed by atoms with van der Waals surface area (Å²) in [4.78, 5) is 0. The summed E-state index contributed by atoms with van der Waals surface area (Å²) in [6.45, 7) is 9.68. The van der Waals surface area contributed by atoms with Gasteiger partial charge in [-0.25, -0.2) is 0 Å². The van der Waals surface area contributed by atoms with Crippen LogP contribution in [0.2, 0.25) is 0 Å². The Morgan fingerprint density at radius 2 is 1.33 bits per heavy atom. The molecule has 0 N–H and O–H groups in total. The summed E-state index contributed by atoms with van der Waals surface area (Å²) in [5, 5.41) is -0.603. The van der Waals surface area contributed by atoms with Crippen molar-refractivity contribution in [3.63, 3.8) is 0 Å². The van der Waals surface area contributed by atoms with Crippen LogP contribution in [0.1, 0.15) is 34.6 Å². The molecule has 110 valence electrons. The molecule has 0 fully saturated rings. The van der Waals surface area contributed by atoms with E-state index in [1.54, 1.807) is 34.6 Å². The van der Waals surface area contributed by atoms with Crippen LogP contribution < -0.4 is 0 Å². The van der Waals surface area contributed by atoms with Crippen molar-refractivity contribution in [2.75, 3.05) is 26.1 Å². The van der Waals surface area contributed by atoms with Crippen LogP contribution in [0.5, 0.6) is 0 Å². The molecule has 0 radical (unpaired) electrons. The molecule has 0 rings (SSSR count). The van der Waals surface area contributed by atoms with Crippen LogP contribution in [-0.4, -0.2) is 48.5 Å². The third-order valence-electron chi connectivity index (χ3n) is 2.07. The van der Waals surface area contributed by atoms with Crippen molar-refractivity contribution in [2.45, 2.75) is 39.9 Å². The lowest BCUT2D eigenvalue weighted by Gasteiger charge is -2.27. The van der Waals surface area contributed by atoms with E-state index in [4.69, 9.17) is 17.5 Å².